The largest absolute Gasteiger partial charge is 0.455 e. The lowest BCUT2D eigenvalue weighted by Crippen LogP contribution is -2.03. The molecule has 0 unspecified atom stereocenters. The van der Waals surface area contributed by atoms with Crippen molar-refractivity contribution < 1.29 is 12.8 Å². The number of fused-ring (bicyclic) bond motifs is 8. The molecule has 0 atom stereocenters. The van der Waals surface area contributed by atoms with Crippen LogP contribution in [0.1, 0.15) is 0 Å². The molecule has 0 aliphatic carbocycles. The summed E-state index contributed by atoms with van der Waals surface area (Å²) in [6.07, 6.45) is 3.19. The van der Waals surface area contributed by atoms with Gasteiger partial charge in [0.2, 0.25) is 9.84 Å². The molecule has 5 heteroatoms. The van der Waals surface area contributed by atoms with Gasteiger partial charge in [-0.25, -0.2) is 8.42 Å². The molecule has 0 saturated carbocycles. The first-order valence-electron chi connectivity index (χ1n) is 16.5. The third kappa shape index (κ3) is 4.24. The summed E-state index contributed by atoms with van der Waals surface area (Å²) in [6, 6.07) is 50.5. The third-order valence-corrected chi connectivity index (χ3v) is 11.6. The second-order valence-corrected chi connectivity index (χ2v) is 14.7. The minimum atomic E-state index is -3.77. The maximum absolute atomic E-state index is 13.7. The quantitative estimate of drug-likeness (QED) is 0.176. The van der Waals surface area contributed by atoms with Crippen molar-refractivity contribution in [3.8, 4) is 22.3 Å². The summed E-state index contributed by atoms with van der Waals surface area (Å²) >= 11 is 0. The minimum Gasteiger partial charge on any atom is -0.455 e. The number of sulfone groups is 1. The van der Waals surface area contributed by atoms with Crippen LogP contribution >= 0.6 is 0 Å². The zero-order valence-corrected chi connectivity index (χ0v) is 27.5. The number of furan rings is 1. The fourth-order valence-electron chi connectivity index (χ4n) is 7.66. The van der Waals surface area contributed by atoms with Crippen LogP contribution in [0.15, 0.2) is 178 Å². The summed E-state index contributed by atoms with van der Waals surface area (Å²) in [4.78, 5) is 4.87. The van der Waals surface area contributed by atoms with Gasteiger partial charge < -0.3 is 4.42 Å². The van der Waals surface area contributed by atoms with E-state index in [-0.39, 0.29) is 9.79 Å². The molecule has 4 nitrogen and oxygen atoms in total. The molecule has 10 aromatic rings. The maximum atomic E-state index is 13.7. The Morgan fingerprint density at radius 1 is 0.460 bits per heavy atom. The van der Waals surface area contributed by atoms with Gasteiger partial charge in [0.05, 0.1) is 9.79 Å². The van der Waals surface area contributed by atoms with E-state index in [0.717, 1.165) is 81.9 Å². The van der Waals surface area contributed by atoms with Crippen molar-refractivity contribution in [1.82, 2.24) is 4.98 Å². The highest BCUT2D eigenvalue weighted by molar-refractivity contribution is 7.91. The van der Waals surface area contributed by atoms with Crippen molar-refractivity contribution in [2.75, 3.05) is 0 Å². The molecule has 0 aliphatic rings. The maximum Gasteiger partial charge on any atom is 0.208 e. The van der Waals surface area contributed by atoms with Crippen molar-refractivity contribution in [2.45, 2.75) is 9.79 Å². The SMILES string of the molecule is O=S(=O)(c1ccccc1)c1cncc(-c2c3ccccc3c(-c3cc4ccccc4c4c3oc3cc5ccccc5cc34)c3ccccc23)c1. The van der Waals surface area contributed by atoms with Crippen LogP contribution in [0.5, 0.6) is 0 Å². The van der Waals surface area contributed by atoms with Crippen LogP contribution in [0, 0.1) is 0 Å². The van der Waals surface area contributed by atoms with Gasteiger partial charge in [0.15, 0.2) is 0 Å². The van der Waals surface area contributed by atoms with Gasteiger partial charge in [0.25, 0.3) is 0 Å². The highest BCUT2D eigenvalue weighted by Gasteiger charge is 2.24. The van der Waals surface area contributed by atoms with Gasteiger partial charge in [-0.05, 0) is 85.1 Å². The van der Waals surface area contributed by atoms with Gasteiger partial charge in [-0.3, -0.25) is 4.98 Å². The Morgan fingerprint density at radius 2 is 1.02 bits per heavy atom. The normalized spacial score (nSPS) is 12.2. The van der Waals surface area contributed by atoms with Gasteiger partial charge in [0, 0.05) is 39.9 Å². The molecule has 0 aliphatic heterocycles. The van der Waals surface area contributed by atoms with E-state index in [1.165, 1.54) is 11.6 Å². The summed E-state index contributed by atoms with van der Waals surface area (Å²) in [7, 11) is -3.77. The Kier molecular flexibility index (Phi) is 6.23. The second kappa shape index (κ2) is 10.9. The van der Waals surface area contributed by atoms with Gasteiger partial charge in [0.1, 0.15) is 11.2 Å². The van der Waals surface area contributed by atoms with Gasteiger partial charge >= 0.3 is 0 Å². The molecule has 0 spiro atoms. The zero-order valence-electron chi connectivity index (χ0n) is 26.7. The van der Waals surface area contributed by atoms with Crippen molar-refractivity contribution >= 4 is 74.9 Å². The van der Waals surface area contributed by atoms with Gasteiger partial charge in [-0.2, -0.15) is 0 Å². The number of pyridine rings is 1. The van der Waals surface area contributed by atoms with Crippen LogP contribution in [-0.2, 0) is 9.84 Å². The first kappa shape index (κ1) is 28.7. The molecule has 8 aromatic carbocycles. The molecule has 10 rings (SSSR count). The first-order valence-corrected chi connectivity index (χ1v) is 18.0. The molecule has 2 aromatic heterocycles. The summed E-state index contributed by atoms with van der Waals surface area (Å²) in [5.74, 6) is 0. The standard InChI is InChI=1S/C45H27NO3S/c47-50(48,32-15-2-1-3-16-32)33-22-31(26-46-27-33)42-35-18-8-10-20-37(35)43(38-21-11-9-19-36(38)42)40-24-30-14-6-7-17-34(30)44-39-23-28-12-4-5-13-29(28)25-41(39)49-45(40)44/h1-27H. The predicted octanol–water partition coefficient (Wildman–Crippen LogP) is 11.8. The zero-order chi connectivity index (χ0) is 33.4. The molecule has 0 bridgehead atoms. The average Bonchev–Trinajstić information content (AvgIpc) is 3.55. The van der Waals surface area contributed by atoms with E-state index in [0.29, 0.717) is 0 Å². The summed E-state index contributed by atoms with van der Waals surface area (Å²) in [5, 5.41) is 10.8. The van der Waals surface area contributed by atoms with Gasteiger partial charge in [-0.1, -0.05) is 115 Å². The van der Waals surface area contributed by atoms with Crippen LogP contribution < -0.4 is 0 Å². The van der Waals surface area contributed by atoms with Crippen LogP contribution in [-0.4, -0.2) is 13.4 Å². The van der Waals surface area contributed by atoms with Crippen molar-refractivity contribution in [1.29, 1.82) is 0 Å². The number of hydrogen-bond donors (Lipinski definition) is 0. The topological polar surface area (TPSA) is 60.2 Å². The smallest absolute Gasteiger partial charge is 0.208 e. The third-order valence-electron chi connectivity index (χ3n) is 9.90. The van der Waals surface area contributed by atoms with Crippen molar-refractivity contribution in [2.24, 2.45) is 0 Å². The van der Waals surface area contributed by atoms with E-state index in [4.69, 9.17) is 4.42 Å². The Bertz CT molecular complexity index is 3050. The van der Waals surface area contributed by atoms with Crippen molar-refractivity contribution in [3.05, 3.63) is 164 Å². The minimum absolute atomic E-state index is 0.157. The molecular weight excluding hydrogens is 635 g/mol. The van der Waals surface area contributed by atoms with Gasteiger partial charge in [-0.15, -0.1) is 0 Å². The van der Waals surface area contributed by atoms with Crippen molar-refractivity contribution in [3.63, 3.8) is 0 Å². The molecule has 0 radical (unpaired) electrons. The Hall–Kier alpha value is -6.30. The number of rotatable bonds is 4. The number of aromatic nitrogens is 1. The van der Waals surface area contributed by atoms with E-state index in [9.17, 15) is 8.42 Å². The highest BCUT2D eigenvalue weighted by Crippen LogP contribution is 2.48. The summed E-state index contributed by atoms with van der Waals surface area (Å²) in [5.41, 5.74) is 5.45. The lowest BCUT2D eigenvalue weighted by Gasteiger charge is -2.18. The highest BCUT2D eigenvalue weighted by atomic mass is 32.2. The van der Waals surface area contributed by atoms with E-state index in [1.54, 1.807) is 36.5 Å². The van der Waals surface area contributed by atoms with Crippen LogP contribution in [0.25, 0.3) is 87.3 Å². The van der Waals surface area contributed by atoms with E-state index >= 15 is 0 Å². The number of nitrogens with zero attached hydrogens (tertiary/aromatic N) is 1. The number of benzene rings is 8. The van der Waals surface area contributed by atoms with Crippen LogP contribution in [0.4, 0.5) is 0 Å². The first-order chi connectivity index (χ1) is 24.6. The Morgan fingerprint density at radius 3 is 1.70 bits per heavy atom. The molecule has 0 fully saturated rings. The second-order valence-electron chi connectivity index (χ2n) is 12.7. The average molecular weight is 662 g/mol. The van der Waals surface area contributed by atoms with Crippen LogP contribution in [0.2, 0.25) is 0 Å². The molecule has 0 amide bonds. The molecule has 0 saturated heterocycles. The van der Waals surface area contributed by atoms with E-state index < -0.39 is 9.84 Å². The molecule has 50 heavy (non-hydrogen) atoms. The molecule has 2 heterocycles. The molecule has 0 N–H and O–H groups in total. The monoisotopic (exact) mass is 661 g/mol. The predicted molar refractivity (Wildman–Crippen MR) is 204 cm³/mol. The Labute approximate surface area is 287 Å². The van der Waals surface area contributed by atoms with Crippen LogP contribution in [0.3, 0.4) is 0 Å². The lowest BCUT2D eigenvalue weighted by atomic mass is 9.85. The van der Waals surface area contributed by atoms with E-state index in [2.05, 4.69) is 108 Å². The fourth-order valence-corrected chi connectivity index (χ4v) is 8.93. The summed E-state index contributed by atoms with van der Waals surface area (Å²) < 4.78 is 34.3. The molecule has 236 valence electrons. The Balaban J connectivity index is 1.31. The summed E-state index contributed by atoms with van der Waals surface area (Å²) in [6.45, 7) is 0. The molecular formula is C45H27NO3S. The number of hydrogen-bond acceptors (Lipinski definition) is 4. The van der Waals surface area contributed by atoms with E-state index in [1.807, 2.05) is 18.2 Å². The fraction of sp³-hybridized carbons (Fsp3) is 0. The lowest BCUT2D eigenvalue weighted by molar-refractivity contribution is 0.595.